The fourth-order valence-corrected chi connectivity index (χ4v) is 2.88. The molecule has 0 spiro atoms. The minimum absolute atomic E-state index is 0.0631. The number of phenols is 1. The van der Waals surface area contributed by atoms with E-state index >= 15 is 0 Å². The van der Waals surface area contributed by atoms with Gasteiger partial charge in [-0.1, -0.05) is 13.8 Å². The Kier molecular flexibility index (Phi) is 4.90. The second-order valence-corrected chi connectivity index (χ2v) is 6.09. The number of esters is 1. The molecule has 0 bridgehead atoms. The molecule has 22 heavy (non-hydrogen) atoms. The minimum Gasteiger partial charge on any atom is -0.508 e. The number of phenolic OH excluding ortho intramolecular Hbond substituents is 1. The molecular weight excluding hydrogens is 284 g/mol. The van der Waals surface area contributed by atoms with Crippen molar-refractivity contribution in [2.24, 2.45) is 11.8 Å². The Morgan fingerprint density at radius 1 is 1.32 bits per heavy atom. The summed E-state index contributed by atoms with van der Waals surface area (Å²) < 4.78 is 5.03. The molecule has 1 amide bonds. The van der Waals surface area contributed by atoms with Gasteiger partial charge >= 0.3 is 5.97 Å². The number of nitrogens with two attached hydrogens (primary N) is 1. The first kappa shape index (κ1) is 16.1. The van der Waals surface area contributed by atoms with Crippen molar-refractivity contribution < 1.29 is 19.4 Å². The molecule has 1 aromatic rings. The zero-order valence-electron chi connectivity index (χ0n) is 12.9. The fourth-order valence-electron chi connectivity index (χ4n) is 2.88. The van der Waals surface area contributed by atoms with Crippen LogP contribution in [0, 0.1) is 11.8 Å². The Hall–Kier alpha value is -2.24. The number of carbonyl (C=O) groups is 2. The van der Waals surface area contributed by atoms with Crippen molar-refractivity contribution in [3.05, 3.63) is 23.8 Å². The van der Waals surface area contributed by atoms with Gasteiger partial charge in [0.25, 0.3) is 5.91 Å². The van der Waals surface area contributed by atoms with Gasteiger partial charge in [-0.3, -0.25) is 4.79 Å². The number of amides is 1. The quantitative estimate of drug-likeness (QED) is 0.503. The van der Waals surface area contributed by atoms with Crippen LogP contribution in [0.2, 0.25) is 0 Å². The van der Waals surface area contributed by atoms with E-state index in [1.165, 1.54) is 18.2 Å². The van der Waals surface area contributed by atoms with Crippen molar-refractivity contribution in [3.63, 3.8) is 0 Å². The third kappa shape index (κ3) is 3.90. The summed E-state index contributed by atoms with van der Waals surface area (Å²) in [6, 6.07) is 4.03. The zero-order chi connectivity index (χ0) is 16.3. The van der Waals surface area contributed by atoms with Crippen LogP contribution >= 0.6 is 0 Å². The van der Waals surface area contributed by atoms with Gasteiger partial charge in [0, 0.05) is 18.8 Å². The summed E-state index contributed by atoms with van der Waals surface area (Å²) >= 11 is 0. The third-order valence-electron chi connectivity index (χ3n) is 3.81. The lowest BCUT2D eigenvalue weighted by Crippen LogP contribution is -2.44. The molecule has 0 aromatic heterocycles. The van der Waals surface area contributed by atoms with Crippen LogP contribution in [-0.4, -0.2) is 41.6 Å². The number of anilines is 1. The predicted octanol–water partition coefficient (Wildman–Crippen LogP) is 1.64. The van der Waals surface area contributed by atoms with E-state index in [-0.39, 0.29) is 29.5 Å². The lowest BCUT2D eigenvalue weighted by atomic mass is 9.92. The van der Waals surface area contributed by atoms with Gasteiger partial charge in [0.1, 0.15) is 5.75 Å². The highest BCUT2D eigenvalue weighted by Gasteiger charge is 2.26. The largest absolute Gasteiger partial charge is 0.508 e. The van der Waals surface area contributed by atoms with E-state index in [4.69, 9.17) is 10.5 Å². The van der Waals surface area contributed by atoms with Gasteiger partial charge in [-0.2, -0.15) is 0 Å². The van der Waals surface area contributed by atoms with Crippen LogP contribution < -0.4 is 5.73 Å². The number of carbonyl (C=O) groups excluding carboxylic acids is 2. The van der Waals surface area contributed by atoms with Gasteiger partial charge in [-0.25, -0.2) is 4.79 Å². The molecule has 2 rings (SSSR count). The molecular formula is C16H22N2O4. The number of nitrogens with zero attached hydrogens (tertiary/aromatic N) is 1. The van der Waals surface area contributed by atoms with Crippen LogP contribution in [0.1, 0.15) is 30.6 Å². The second-order valence-electron chi connectivity index (χ2n) is 6.09. The number of piperidine rings is 1. The molecule has 1 heterocycles. The van der Waals surface area contributed by atoms with Crippen LogP contribution in [0.4, 0.5) is 5.69 Å². The Bertz CT molecular complexity index is 563. The van der Waals surface area contributed by atoms with E-state index in [0.717, 1.165) is 6.42 Å². The first-order valence-electron chi connectivity index (χ1n) is 7.40. The normalized spacial score (nSPS) is 21.5. The highest BCUT2D eigenvalue weighted by molar-refractivity contribution is 5.96. The van der Waals surface area contributed by atoms with E-state index in [9.17, 15) is 14.7 Å². The number of rotatable bonds is 3. The summed E-state index contributed by atoms with van der Waals surface area (Å²) in [5.74, 6) is -0.0910. The van der Waals surface area contributed by atoms with Crippen molar-refractivity contribution in [3.8, 4) is 5.75 Å². The van der Waals surface area contributed by atoms with E-state index < -0.39 is 5.97 Å². The zero-order valence-corrected chi connectivity index (χ0v) is 12.9. The van der Waals surface area contributed by atoms with Crippen LogP contribution in [0.5, 0.6) is 5.75 Å². The van der Waals surface area contributed by atoms with Gasteiger partial charge in [0.05, 0.1) is 5.56 Å². The van der Waals surface area contributed by atoms with E-state index in [2.05, 4.69) is 13.8 Å². The molecule has 0 saturated carbocycles. The summed E-state index contributed by atoms with van der Waals surface area (Å²) in [7, 11) is 0. The first-order chi connectivity index (χ1) is 10.4. The van der Waals surface area contributed by atoms with Crippen LogP contribution in [-0.2, 0) is 9.53 Å². The van der Waals surface area contributed by atoms with Crippen molar-refractivity contribution >= 4 is 17.6 Å². The van der Waals surface area contributed by atoms with Gasteiger partial charge < -0.3 is 20.5 Å². The molecule has 2 unspecified atom stereocenters. The van der Waals surface area contributed by atoms with Crippen molar-refractivity contribution in [2.45, 2.75) is 20.3 Å². The monoisotopic (exact) mass is 306 g/mol. The Morgan fingerprint density at radius 2 is 1.95 bits per heavy atom. The van der Waals surface area contributed by atoms with Gasteiger partial charge in [-0.15, -0.1) is 0 Å². The maximum atomic E-state index is 12.1. The third-order valence-corrected chi connectivity index (χ3v) is 3.81. The second kappa shape index (κ2) is 6.68. The molecule has 1 saturated heterocycles. The molecule has 1 aliphatic rings. The van der Waals surface area contributed by atoms with E-state index in [1.807, 2.05) is 0 Å². The summed E-state index contributed by atoms with van der Waals surface area (Å²) in [6.45, 7) is 5.28. The van der Waals surface area contributed by atoms with Crippen molar-refractivity contribution in [2.75, 3.05) is 25.4 Å². The molecule has 0 radical (unpaired) electrons. The number of aromatic hydroxyl groups is 1. The summed E-state index contributed by atoms with van der Waals surface area (Å²) in [5, 5.41) is 9.39. The van der Waals surface area contributed by atoms with Crippen molar-refractivity contribution in [1.82, 2.24) is 4.90 Å². The summed E-state index contributed by atoms with van der Waals surface area (Å²) in [4.78, 5) is 25.8. The van der Waals surface area contributed by atoms with Crippen LogP contribution in [0.3, 0.4) is 0 Å². The van der Waals surface area contributed by atoms with E-state index in [1.54, 1.807) is 4.90 Å². The lowest BCUT2D eigenvalue weighted by Gasteiger charge is -2.34. The molecule has 1 aromatic carbocycles. The predicted molar refractivity (Wildman–Crippen MR) is 82.3 cm³/mol. The van der Waals surface area contributed by atoms with Crippen LogP contribution in [0.15, 0.2) is 18.2 Å². The molecule has 1 fully saturated rings. The van der Waals surface area contributed by atoms with Gasteiger partial charge in [0.15, 0.2) is 6.61 Å². The smallest absolute Gasteiger partial charge is 0.340 e. The van der Waals surface area contributed by atoms with E-state index in [0.29, 0.717) is 24.9 Å². The van der Waals surface area contributed by atoms with Crippen molar-refractivity contribution in [1.29, 1.82) is 0 Å². The SMILES string of the molecule is CC1CC(C)CN(C(=O)COC(=O)c2cc(O)ccc2N)C1. The molecule has 2 atom stereocenters. The number of likely N-dealkylation sites (tertiary alicyclic amines) is 1. The molecule has 120 valence electrons. The number of nitrogen functional groups attached to an aromatic ring is 1. The average molecular weight is 306 g/mol. The summed E-state index contributed by atoms with van der Waals surface area (Å²) in [5.41, 5.74) is 5.94. The average Bonchev–Trinajstić information content (AvgIpc) is 2.45. The highest BCUT2D eigenvalue weighted by Crippen LogP contribution is 2.22. The van der Waals surface area contributed by atoms with Gasteiger partial charge in [-0.05, 0) is 36.5 Å². The maximum Gasteiger partial charge on any atom is 0.340 e. The highest BCUT2D eigenvalue weighted by atomic mass is 16.5. The molecule has 0 aliphatic carbocycles. The Morgan fingerprint density at radius 3 is 2.59 bits per heavy atom. The molecule has 1 aliphatic heterocycles. The molecule has 6 heteroatoms. The van der Waals surface area contributed by atoms with Gasteiger partial charge in [0.2, 0.25) is 0 Å². The Labute approximate surface area is 129 Å². The number of benzene rings is 1. The number of hydrogen-bond acceptors (Lipinski definition) is 5. The lowest BCUT2D eigenvalue weighted by molar-refractivity contribution is -0.137. The number of ether oxygens (including phenoxy) is 1. The topological polar surface area (TPSA) is 92.9 Å². The maximum absolute atomic E-state index is 12.1. The first-order valence-corrected chi connectivity index (χ1v) is 7.40. The molecule has 3 N–H and O–H groups in total. The fraction of sp³-hybridized carbons (Fsp3) is 0.500. The number of hydrogen-bond donors (Lipinski definition) is 2. The standard InChI is InChI=1S/C16H22N2O4/c1-10-5-11(2)8-18(7-10)15(20)9-22-16(21)13-6-12(19)3-4-14(13)17/h3-4,6,10-11,19H,5,7-9,17H2,1-2H3. The Balaban J connectivity index is 1.93. The molecule has 6 nitrogen and oxygen atoms in total. The minimum atomic E-state index is -0.708. The van der Waals surface area contributed by atoms with Crippen LogP contribution in [0.25, 0.3) is 0 Å². The summed E-state index contributed by atoms with van der Waals surface area (Å²) in [6.07, 6.45) is 1.10.